The van der Waals surface area contributed by atoms with Crippen molar-refractivity contribution in [3.63, 3.8) is 0 Å². The van der Waals surface area contributed by atoms with Crippen molar-refractivity contribution in [1.82, 2.24) is 20.9 Å². The number of thioether (sulfide) groups is 1. The van der Waals surface area contributed by atoms with Crippen molar-refractivity contribution in [1.29, 1.82) is 0 Å². The molecular weight excluding hydrogens is 558 g/mol. The highest BCUT2D eigenvalue weighted by molar-refractivity contribution is 8.00. The lowest BCUT2D eigenvalue weighted by molar-refractivity contribution is -0.142. The van der Waals surface area contributed by atoms with E-state index in [1.165, 1.54) is 12.1 Å². The number of fused-ring (bicyclic) bond motifs is 1. The van der Waals surface area contributed by atoms with Crippen LogP contribution in [0.2, 0.25) is 0 Å². The van der Waals surface area contributed by atoms with E-state index in [4.69, 9.17) is 5.73 Å². The van der Waals surface area contributed by atoms with Gasteiger partial charge in [0.2, 0.25) is 17.7 Å². The van der Waals surface area contributed by atoms with Crippen molar-refractivity contribution in [3.05, 3.63) is 65.7 Å². The molecule has 2 aliphatic heterocycles. The topological polar surface area (TPSA) is 174 Å². The van der Waals surface area contributed by atoms with Crippen LogP contribution in [0.3, 0.4) is 0 Å². The molecule has 12 heteroatoms. The highest BCUT2D eigenvalue weighted by atomic mass is 32.2. The van der Waals surface area contributed by atoms with Gasteiger partial charge in [0.25, 0.3) is 0 Å². The van der Waals surface area contributed by atoms with Gasteiger partial charge >= 0.3 is 5.97 Å². The Kier molecular flexibility index (Phi) is 10.5. The van der Waals surface area contributed by atoms with Gasteiger partial charge in [-0.15, -0.1) is 11.8 Å². The average molecular weight is 598 g/mol. The molecule has 6 atom stereocenters. The van der Waals surface area contributed by atoms with Crippen LogP contribution in [0.1, 0.15) is 37.8 Å². The maximum atomic E-state index is 13.5. The lowest BCUT2D eigenvalue weighted by Crippen LogP contribution is -2.58. The molecule has 226 valence electrons. The number of nitrogens with one attached hydrogen (secondary N) is 3. The fourth-order valence-corrected chi connectivity index (χ4v) is 6.71. The third kappa shape index (κ3) is 8.02. The number of carboxylic acids is 1. The number of aromatic hydroxyl groups is 1. The number of benzene rings is 2. The van der Waals surface area contributed by atoms with E-state index in [1.54, 1.807) is 28.8 Å². The molecule has 2 saturated heterocycles. The summed E-state index contributed by atoms with van der Waals surface area (Å²) in [4.78, 5) is 53.2. The first-order chi connectivity index (χ1) is 20.0. The minimum Gasteiger partial charge on any atom is -0.508 e. The molecule has 4 rings (SSSR count). The smallest absolute Gasteiger partial charge is 0.326 e. The van der Waals surface area contributed by atoms with Gasteiger partial charge in [0, 0.05) is 12.2 Å². The van der Waals surface area contributed by atoms with Gasteiger partial charge in [0.1, 0.15) is 17.8 Å². The molecule has 0 aliphatic carbocycles. The fraction of sp³-hybridized carbons (Fsp3) is 0.467. The quantitative estimate of drug-likeness (QED) is 0.198. The highest BCUT2D eigenvalue weighted by Crippen LogP contribution is 2.37. The van der Waals surface area contributed by atoms with E-state index in [1.807, 2.05) is 44.2 Å². The monoisotopic (exact) mass is 597 g/mol. The Morgan fingerprint density at radius 2 is 1.67 bits per heavy atom. The SMILES string of the molecule is CC(C)C[C@H](NC(=O)[C@H](Cc1ccccc1)N[C@@H]1CS[C@@H]2C[C@H](NC(=O)[C@@H](N)Cc3ccc(O)cc3)C(=O)N12)C(=O)O. The zero-order valence-corrected chi connectivity index (χ0v) is 24.5. The Morgan fingerprint density at radius 3 is 2.31 bits per heavy atom. The van der Waals surface area contributed by atoms with E-state index in [0.717, 1.165) is 11.1 Å². The van der Waals surface area contributed by atoms with Crippen molar-refractivity contribution in [2.75, 3.05) is 5.75 Å². The van der Waals surface area contributed by atoms with Gasteiger partial charge in [-0.2, -0.15) is 0 Å². The second kappa shape index (κ2) is 14.0. The van der Waals surface area contributed by atoms with Gasteiger partial charge in [0.15, 0.2) is 0 Å². The van der Waals surface area contributed by atoms with Crippen LogP contribution in [0.25, 0.3) is 0 Å². The van der Waals surface area contributed by atoms with E-state index < -0.39 is 48.1 Å². The Bertz CT molecular complexity index is 1260. The zero-order valence-electron chi connectivity index (χ0n) is 23.7. The molecule has 0 unspecified atom stereocenters. The number of phenols is 1. The Hall–Kier alpha value is -3.61. The molecule has 0 saturated carbocycles. The fourth-order valence-electron chi connectivity index (χ4n) is 5.30. The molecule has 11 nitrogen and oxygen atoms in total. The first-order valence-corrected chi connectivity index (χ1v) is 15.2. The number of rotatable bonds is 13. The third-order valence-electron chi connectivity index (χ3n) is 7.44. The first kappa shape index (κ1) is 31.3. The zero-order chi connectivity index (χ0) is 30.4. The van der Waals surface area contributed by atoms with Crippen LogP contribution in [0.4, 0.5) is 0 Å². The van der Waals surface area contributed by atoms with E-state index in [2.05, 4.69) is 16.0 Å². The van der Waals surface area contributed by atoms with Crippen molar-refractivity contribution in [2.24, 2.45) is 11.7 Å². The van der Waals surface area contributed by atoms with Gasteiger partial charge in [0.05, 0.1) is 23.6 Å². The maximum absolute atomic E-state index is 13.5. The number of carbonyl (C=O) groups is 4. The van der Waals surface area contributed by atoms with Crippen molar-refractivity contribution >= 4 is 35.5 Å². The second-order valence-electron chi connectivity index (χ2n) is 11.3. The lowest BCUT2D eigenvalue weighted by Gasteiger charge is -2.30. The third-order valence-corrected chi connectivity index (χ3v) is 8.75. The summed E-state index contributed by atoms with van der Waals surface area (Å²) >= 11 is 1.57. The molecule has 2 aromatic rings. The summed E-state index contributed by atoms with van der Waals surface area (Å²) in [5.41, 5.74) is 7.79. The summed E-state index contributed by atoms with van der Waals surface area (Å²) in [6.45, 7) is 3.79. The molecule has 42 heavy (non-hydrogen) atoms. The maximum Gasteiger partial charge on any atom is 0.326 e. The summed E-state index contributed by atoms with van der Waals surface area (Å²) < 4.78 is 0. The molecule has 0 bridgehead atoms. The van der Waals surface area contributed by atoms with Crippen LogP contribution in [0, 0.1) is 5.92 Å². The first-order valence-electron chi connectivity index (χ1n) is 14.1. The predicted molar refractivity (Wildman–Crippen MR) is 159 cm³/mol. The molecule has 0 radical (unpaired) electrons. The Morgan fingerprint density at radius 1 is 1.00 bits per heavy atom. The van der Waals surface area contributed by atoms with Gasteiger partial charge in [-0.25, -0.2) is 4.79 Å². The van der Waals surface area contributed by atoms with Crippen LogP contribution < -0.4 is 21.7 Å². The summed E-state index contributed by atoms with van der Waals surface area (Å²) in [5.74, 6) is -1.50. The predicted octanol–water partition coefficient (Wildman–Crippen LogP) is 1.19. The second-order valence-corrected chi connectivity index (χ2v) is 12.5. The molecule has 0 aromatic heterocycles. The number of phenolic OH excluding ortho intramolecular Hbond substituents is 1. The molecule has 2 heterocycles. The molecular formula is C30H39N5O6S. The number of nitrogens with zero attached hydrogens (tertiary/aromatic N) is 1. The molecule has 3 amide bonds. The summed E-state index contributed by atoms with van der Waals surface area (Å²) in [6, 6.07) is 12.4. The molecule has 0 spiro atoms. The minimum atomic E-state index is -1.09. The molecule has 2 fully saturated rings. The van der Waals surface area contributed by atoms with E-state index in [9.17, 15) is 29.4 Å². The number of hydrogen-bond donors (Lipinski definition) is 6. The van der Waals surface area contributed by atoms with Crippen LogP contribution in [0.15, 0.2) is 54.6 Å². The number of carbonyl (C=O) groups excluding carboxylic acids is 3. The molecule has 2 aliphatic rings. The van der Waals surface area contributed by atoms with Crippen molar-refractivity contribution < 1.29 is 29.4 Å². The van der Waals surface area contributed by atoms with E-state index in [-0.39, 0.29) is 29.4 Å². The largest absolute Gasteiger partial charge is 0.508 e. The summed E-state index contributed by atoms with van der Waals surface area (Å²) in [6.07, 6.45) is 0.781. The molecule has 7 N–H and O–H groups in total. The van der Waals surface area contributed by atoms with Gasteiger partial charge in [-0.3, -0.25) is 19.7 Å². The number of aliphatic carboxylic acids is 1. The van der Waals surface area contributed by atoms with Crippen LogP contribution in [0.5, 0.6) is 5.75 Å². The summed E-state index contributed by atoms with van der Waals surface area (Å²) in [7, 11) is 0. The van der Waals surface area contributed by atoms with Crippen LogP contribution >= 0.6 is 11.8 Å². The van der Waals surface area contributed by atoms with Crippen molar-refractivity contribution in [3.8, 4) is 5.75 Å². The number of nitrogens with two attached hydrogens (primary N) is 1. The van der Waals surface area contributed by atoms with E-state index >= 15 is 0 Å². The van der Waals surface area contributed by atoms with Crippen molar-refractivity contribution in [2.45, 2.75) is 75.2 Å². The number of hydrogen-bond acceptors (Lipinski definition) is 8. The minimum absolute atomic E-state index is 0.0718. The molecule has 2 aromatic carbocycles. The van der Waals surface area contributed by atoms with Crippen LogP contribution in [-0.4, -0.2) is 80.3 Å². The van der Waals surface area contributed by atoms with Gasteiger partial charge in [-0.1, -0.05) is 56.3 Å². The standard InChI is InChI=1S/C30H39N5O6S/c1-17(2)12-24(30(40)41)34-28(38)22(14-18-6-4-3-5-7-18)32-25-16-42-26-15-23(29(39)35(25)26)33-27(37)21(31)13-19-8-10-20(36)11-9-19/h3-11,17,21-26,32,36H,12-16,31H2,1-2H3,(H,33,37)(H,34,38)(H,40,41)/t21-,22-,23-,24-,25-,26+/m0/s1. The Labute approximate surface area is 249 Å². The van der Waals surface area contributed by atoms with Crippen LogP contribution in [-0.2, 0) is 32.0 Å². The average Bonchev–Trinajstić information content (AvgIpc) is 3.48. The Balaban J connectivity index is 1.42. The summed E-state index contributed by atoms with van der Waals surface area (Å²) in [5, 5.41) is 27.8. The highest BCUT2D eigenvalue weighted by Gasteiger charge is 2.49. The van der Waals surface area contributed by atoms with E-state index in [0.29, 0.717) is 25.0 Å². The normalized spacial score (nSPS) is 22.0. The number of amides is 3. The number of carboxylic acid groups (broad SMARTS) is 1. The van der Waals surface area contributed by atoms with Gasteiger partial charge < -0.3 is 31.5 Å². The van der Waals surface area contributed by atoms with Gasteiger partial charge in [-0.05, 0) is 48.4 Å². The lowest BCUT2D eigenvalue weighted by atomic mass is 10.0.